The van der Waals surface area contributed by atoms with E-state index in [2.05, 4.69) is 50.4 Å². The number of aromatic nitrogens is 4. The molecular weight excluding hydrogens is 919 g/mol. The monoisotopic (exact) mass is 971 g/mol. The maximum atomic E-state index is 12.6. The molecule has 1 aliphatic rings. The molecule has 1 aliphatic heterocycles. The number of carbonyl (C=O) groups is 4. The molecule has 0 aliphatic carbocycles. The average molecular weight is 972 g/mol. The van der Waals surface area contributed by atoms with Crippen molar-refractivity contribution in [3.63, 3.8) is 0 Å². The highest BCUT2D eigenvalue weighted by atomic mass is 32.2. The van der Waals surface area contributed by atoms with E-state index in [9.17, 15) is 62.7 Å². The van der Waals surface area contributed by atoms with Gasteiger partial charge in [-0.2, -0.15) is 0 Å². The van der Waals surface area contributed by atoms with Gasteiger partial charge in [-0.25, -0.2) is 19.3 Å². The van der Waals surface area contributed by atoms with Gasteiger partial charge in [0.25, 0.3) is 15.6 Å². The van der Waals surface area contributed by atoms with Crippen LogP contribution in [0, 0.1) is 5.41 Å². The number of carbonyl (C=O) groups excluding carboxylic acids is 4. The first-order valence-electron chi connectivity index (χ1n) is 19.6. The normalized spacial score (nSPS) is 20.7. The summed E-state index contributed by atoms with van der Waals surface area (Å²) in [7, 11) is -17.6. The number of aliphatic hydroxyl groups excluding tert-OH is 2. The van der Waals surface area contributed by atoms with Crippen LogP contribution in [0.2, 0.25) is 0 Å². The molecule has 3 heterocycles. The number of phosphoric acid groups is 3. The number of nitrogens with zero attached hydrogens (tertiary/aromatic N) is 4. The lowest BCUT2D eigenvalue weighted by Crippen LogP contribution is -2.46. The lowest BCUT2D eigenvalue weighted by atomic mass is 9.87. The lowest BCUT2D eigenvalue weighted by molar-refractivity contribution is -0.347. The van der Waals surface area contributed by atoms with Gasteiger partial charge in [-0.05, 0) is 19.3 Å². The zero-order valence-corrected chi connectivity index (χ0v) is 38.1. The standard InChI is InChI=1S/C34H56N7O18P3S/c1-4-5-6-7-8-9-10-11-12-22(42)17-25(44)63-16-15-36-24(43)13-14-37-32(47)29(46)34(2,3)19-56-62(53,54)59-61(51,52)55-18-23-28(58-60(48,49)50)27(45)33(57-23)41-21-40-26-30(35)38-20-39-31(26)41/h9-10,20-21,23,27-29,33,45-46H,4-8,11-19H2,1-3H3,(H,36,43)(H,37,47)(H,51,52)(H,53,54)(H2,35,38,39)(H2,48,49,50)/p-4/b10-9-/t23-,27-,28-,29+,33-/m1/s1. The number of nitrogen functional groups attached to an aromatic ring is 1. The fraction of sp³-hybridized carbons (Fsp3) is 0.676. The Labute approximate surface area is 366 Å². The van der Waals surface area contributed by atoms with Crippen molar-refractivity contribution >= 4 is 74.9 Å². The number of anilines is 1. The van der Waals surface area contributed by atoms with Crippen molar-refractivity contribution in [1.82, 2.24) is 30.2 Å². The Morgan fingerprint density at radius 2 is 1.70 bits per heavy atom. The van der Waals surface area contributed by atoms with Gasteiger partial charge in [0.1, 0.15) is 42.0 Å². The molecule has 6 N–H and O–H groups in total. The van der Waals surface area contributed by atoms with E-state index in [0.29, 0.717) is 6.42 Å². The van der Waals surface area contributed by atoms with Gasteiger partial charge < -0.3 is 69.0 Å². The third-order valence-electron chi connectivity index (χ3n) is 9.06. The molecule has 0 bridgehead atoms. The summed E-state index contributed by atoms with van der Waals surface area (Å²) in [4.78, 5) is 109. The number of ketones is 1. The van der Waals surface area contributed by atoms with Gasteiger partial charge >= 0.3 is 0 Å². The van der Waals surface area contributed by atoms with Crippen molar-refractivity contribution in [3.8, 4) is 0 Å². The van der Waals surface area contributed by atoms with E-state index >= 15 is 0 Å². The van der Waals surface area contributed by atoms with Crippen molar-refractivity contribution in [2.24, 2.45) is 5.41 Å². The zero-order chi connectivity index (χ0) is 47.0. The minimum Gasteiger partial charge on any atom is -0.790 e. The van der Waals surface area contributed by atoms with Gasteiger partial charge in [-0.15, -0.1) is 0 Å². The van der Waals surface area contributed by atoms with Crippen molar-refractivity contribution in [2.45, 2.75) is 109 Å². The quantitative estimate of drug-likeness (QED) is 0.0294. The Morgan fingerprint density at radius 3 is 2.40 bits per heavy atom. The van der Waals surface area contributed by atoms with Gasteiger partial charge in [0, 0.05) is 37.1 Å². The summed E-state index contributed by atoms with van der Waals surface area (Å²) in [5.41, 5.74) is 4.04. The highest BCUT2D eigenvalue weighted by Crippen LogP contribution is 2.56. The minimum atomic E-state index is -5.93. The smallest absolute Gasteiger partial charge is 0.274 e. The molecule has 2 amide bonds. The Balaban J connectivity index is 1.39. The van der Waals surface area contributed by atoms with Crippen LogP contribution in [-0.4, -0.2) is 109 Å². The second kappa shape index (κ2) is 25.0. The number of Topliss-reactive ketones (excluding diaryl/α,β-unsaturated/α-hetero) is 1. The molecule has 0 saturated carbocycles. The van der Waals surface area contributed by atoms with E-state index in [1.807, 2.05) is 12.2 Å². The molecule has 25 nitrogen and oxygen atoms in total. The van der Waals surface area contributed by atoms with Crippen LogP contribution in [0.5, 0.6) is 0 Å². The van der Waals surface area contributed by atoms with Crippen molar-refractivity contribution in [3.05, 3.63) is 24.8 Å². The third-order valence-corrected chi connectivity index (χ3v) is 12.9. The van der Waals surface area contributed by atoms with Crippen LogP contribution in [0.3, 0.4) is 0 Å². The zero-order valence-electron chi connectivity index (χ0n) is 34.6. The summed E-state index contributed by atoms with van der Waals surface area (Å²) in [5, 5.41) is 25.9. The number of amides is 2. The van der Waals surface area contributed by atoms with Crippen LogP contribution in [0.15, 0.2) is 24.8 Å². The summed E-state index contributed by atoms with van der Waals surface area (Å²) < 4.78 is 60.6. The summed E-state index contributed by atoms with van der Waals surface area (Å²) in [6.07, 6.45) is 2.51. The third kappa shape index (κ3) is 18.8. The second-order valence-corrected chi connectivity index (χ2v) is 20.0. The maximum Gasteiger partial charge on any atom is 0.274 e. The largest absolute Gasteiger partial charge is 0.790 e. The summed E-state index contributed by atoms with van der Waals surface area (Å²) in [6.45, 7) is 2.05. The van der Waals surface area contributed by atoms with E-state index in [4.69, 9.17) is 10.5 Å². The van der Waals surface area contributed by atoms with E-state index in [0.717, 1.165) is 48.2 Å². The number of ether oxygens (including phenoxy) is 1. The molecule has 63 heavy (non-hydrogen) atoms. The summed E-state index contributed by atoms with van der Waals surface area (Å²) >= 11 is 0.903. The second-order valence-electron chi connectivity index (χ2n) is 14.8. The molecule has 0 aromatic carbocycles. The molecule has 2 unspecified atom stereocenters. The Hall–Kier alpha value is -3.03. The molecular formula is C34H52N7O18P3S-4. The number of thioether (sulfide) groups is 1. The SMILES string of the molecule is CCCCCC/C=C\CCC(=O)CC(=O)SCCNC(=O)CCNC(=O)[C@H](O)C(C)(C)COP(=O)([O-])OP(=O)([O-])OC[C@H]1O[C@@H](n2cnc3c(N)ncnc32)[C@H](O)[C@@H]1OP(=O)([O-])[O-]. The number of imidazole rings is 1. The van der Waals surface area contributed by atoms with Gasteiger partial charge in [-0.3, -0.25) is 32.9 Å². The van der Waals surface area contributed by atoms with E-state index in [1.165, 1.54) is 26.7 Å². The molecule has 356 valence electrons. The van der Waals surface area contributed by atoms with E-state index in [-0.39, 0.29) is 66.0 Å². The Bertz CT molecular complexity index is 2040. The lowest BCUT2D eigenvalue weighted by Gasteiger charge is -2.36. The number of rotatable bonds is 29. The average Bonchev–Trinajstić information content (AvgIpc) is 3.75. The molecule has 1 saturated heterocycles. The van der Waals surface area contributed by atoms with Crippen LogP contribution in [0.4, 0.5) is 5.82 Å². The van der Waals surface area contributed by atoms with Crippen molar-refractivity contribution in [2.75, 3.05) is 37.8 Å². The van der Waals surface area contributed by atoms with Gasteiger partial charge in [-0.1, -0.05) is 63.9 Å². The topological polar surface area (TPSA) is 392 Å². The highest BCUT2D eigenvalue weighted by Gasteiger charge is 2.47. The number of hydrogen-bond acceptors (Lipinski definition) is 23. The number of phosphoric ester groups is 3. The first kappa shape index (κ1) is 54.3. The van der Waals surface area contributed by atoms with Crippen molar-refractivity contribution in [1.29, 1.82) is 0 Å². The number of allylic oxidation sites excluding steroid dienone is 2. The number of hydrogen-bond donors (Lipinski definition) is 5. The molecule has 2 aromatic rings. The maximum absolute atomic E-state index is 12.6. The molecule has 0 spiro atoms. The van der Waals surface area contributed by atoms with Gasteiger partial charge in [0.2, 0.25) is 11.8 Å². The Morgan fingerprint density at radius 1 is 1.00 bits per heavy atom. The first-order chi connectivity index (χ1) is 29.4. The Kier molecular flexibility index (Phi) is 21.6. The number of aliphatic hydroxyl groups is 2. The number of unbranched alkanes of at least 4 members (excludes halogenated alkanes) is 4. The van der Waals surface area contributed by atoms with Crippen LogP contribution >= 0.6 is 35.2 Å². The number of nitrogens with two attached hydrogens (primary N) is 1. The molecule has 2 aromatic heterocycles. The summed E-state index contributed by atoms with van der Waals surface area (Å²) in [6, 6.07) is 0. The molecule has 1 fully saturated rings. The fourth-order valence-corrected chi connectivity index (χ4v) is 9.17. The minimum absolute atomic E-state index is 0.0272. The van der Waals surface area contributed by atoms with Crippen molar-refractivity contribution < 1.29 is 85.3 Å². The molecule has 0 radical (unpaired) electrons. The predicted octanol–water partition coefficient (Wildman–Crippen LogP) is -0.597. The van der Waals surface area contributed by atoms with E-state index < -0.39 is 84.6 Å². The van der Waals surface area contributed by atoms with Crippen LogP contribution in [0.25, 0.3) is 11.2 Å². The van der Waals surface area contributed by atoms with Crippen LogP contribution in [0.1, 0.15) is 84.8 Å². The first-order valence-corrected chi connectivity index (χ1v) is 25.0. The molecule has 7 atom stereocenters. The number of fused-ring (bicyclic) bond motifs is 1. The van der Waals surface area contributed by atoms with Gasteiger partial charge in [0.15, 0.2) is 22.8 Å². The predicted molar refractivity (Wildman–Crippen MR) is 215 cm³/mol. The molecule has 29 heteroatoms. The molecule has 3 rings (SSSR count). The highest BCUT2D eigenvalue weighted by molar-refractivity contribution is 8.13. The fourth-order valence-electron chi connectivity index (χ4n) is 5.74. The van der Waals surface area contributed by atoms with Crippen LogP contribution < -0.4 is 35.9 Å². The number of nitrogens with one attached hydrogen (secondary N) is 2. The van der Waals surface area contributed by atoms with Gasteiger partial charge in [0.05, 0.1) is 33.8 Å². The van der Waals surface area contributed by atoms with Crippen LogP contribution in [-0.2, 0) is 55.5 Å². The summed E-state index contributed by atoms with van der Waals surface area (Å²) in [5.74, 6) is -1.60. The van der Waals surface area contributed by atoms with E-state index in [1.54, 1.807) is 0 Å².